The second-order valence-corrected chi connectivity index (χ2v) is 5.35. The number of carbonyl (C=O) groups excluding carboxylic acids is 1. The molecular weight excluding hydrogens is 242 g/mol. The van der Waals surface area contributed by atoms with Crippen LogP contribution in [0, 0.1) is 0 Å². The van der Waals surface area contributed by atoms with Crippen LogP contribution in [0.25, 0.3) is 0 Å². The van der Waals surface area contributed by atoms with E-state index in [2.05, 4.69) is 0 Å². The van der Waals surface area contributed by atoms with E-state index in [0.717, 1.165) is 0 Å². The van der Waals surface area contributed by atoms with Crippen molar-refractivity contribution < 1.29 is 13.9 Å². The van der Waals surface area contributed by atoms with Crippen molar-refractivity contribution in [1.29, 1.82) is 0 Å². The number of carbonyl (C=O) groups is 1. The van der Waals surface area contributed by atoms with E-state index < -0.39 is 0 Å². The summed E-state index contributed by atoms with van der Waals surface area (Å²) in [5.74, 6) is 0.139. The number of nitrogens with zero attached hydrogens (tertiary/aromatic N) is 1. The fraction of sp³-hybridized carbons (Fsp3) is 0.583. The molecule has 0 radical (unpaired) electrons. The maximum atomic E-state index is 12.2. The first-order chi connectivity index (χ1) is 7.87. The number of furan rings is 1. The molecule has 1 saturated heterocycles. The molecule has 1 amide bonds. The summed E-state index contributed by atoms with van der Waals surface area (Å²) in [6.07, 6.45) is 0.0214. The summed E-state index contributed by atoms with van der Waals surface area (Å²) in [6.45, 7) is 7.02. The highest BCUT2D eigenvalue weighted by molar-refractivity contribution is 6.29. The molecular formula is C12H16ClNO3. The molecule has 1 aliphatic heterocycles. The highest BCUT2D eigenvalue weighted by Gasteiger charge is 2.34. The third-order valence-corrected chi connectivity index (χ3v) is 2.84. The van der Waals surface area contributed by atoms with E-state index in [4.69, 9.17) is 20.8 Å². The third-order valence-electron chi connectivity index (χ3n) is 2.64. The maximum Gasteiger partial charge on any atom is 0.289 e. The molecule has 0 aliphatic carbocycles. The van der Waals surface area contributed by atoms with Gasteiger partial charge in [-0.15, -0.1) is 0 Å². The lowest BCUT2D eigenvalue weighted by atomic mass is 10.1. The minimum absolute atomic E-state index is 0.0214. The minimum atomic E-state index is -0.330. The first-order valence-electron chi connectivity index (χ1n) is 5.60. The van der Waals surface area contributed by atoms with Gasteiger partial charge in [0.1, 0.15) is 0 Å². The van der Waals surface area contributed by atoms with Crippen LogP contribution in [0.5, 0.6) is 0 Å². The Morgan fingerprint density at radius 2 is 2.24 bits per heavy atom. The van der Waals surface area contributed by atoms with Gasteiger partial charge in [-0.05, 0) is 44.5 Å². The fourth-order valence-corrected chi connectivity index (χ4v) is 2.34. The number of halogens is 1. The summed E-state index contributed by atoms with van der Waals surface area (Å²) < 4.78 is 10.9. The average Bonchev–Trinajstić information content (AvgIpc) is 2.60. The van der Waals surface area contributed by atoms with Crippen LogP contribution in [0.15, 0.2) is 16.5 Å². The Hall–Kier alpha value is -1.00. The van der Waals surface area contributed by atoms with Gasteiger partial charge in [-0.1, -0.05) is 0 Å². The monoisotopic (exact) mass is 257 g/mol. The standard InChI is InChI=1S/C12H16ClNO3/c1-8-6-14(7-12(2,3)17-8)11(15)9-4-5-10(13)16-9/h4-5,8H,6-7H2,1-3H3/t8-/m1/s1. The van der Waals surface area contributed by atoms with Gasteiger partial charge in [-0.3, -0.25) is 4.79 Å². The summed E-state index contributed by atoms with van der Waals surface area (Å²) in [6, 6.07) is 3.17. The SMILES string of the molecule is C[C@@H]1CN(C(=O)c2ccc(Cl)o2)CC(C)(C)O1. The molecule has 2 rings (SSSR count). The smallest absolute Gasteiger partial charge is 0.289 e. The Morgan fingerprint density at radius 1 is 1.53 bits per heavy atom. The summed E-state index contributed by atoms with van der Waals surface area (Å²) in [5, 5.41) is 0.230. The molecule has 0 spiro atoms. The Morgan fingerprint density at radius 3 is 2.76 bits per heavy atom. The van der Waals surface area contributed by atoms with Crippen molar-refractivity contribution in [3.05, 3.63) is 23.1 Å². The lowest BCUT2D eigenvalue weighted by Gasteiger charge is -2.41. The van der Waals surface area contributed by atoms with Crippen LogP contribution >= 0.6 is 11.6 Å². The number of ether oxygens (including phenoxy) is 1. The molecule has 1 aromatic rings. The zero-order chi connectivity index (χ0) is 12.6. The normalized spacial score (nSPS) is 23.8. The van der Waals surface area contributed by atoms with Crippen LogP contribution < -0.4 is 0 Å². The van der Waals surface area contributed by atoms with Crippen molar-refractivity contribution in [2.45, 2.75) is 32.5 Å². The molecule has 1 atom stereocenters. The van der Waals surface area contributed by atoms with Gasteiger partial charge in [-0.25, -0.2) is 0 Å². The number of amides is 1. The molecule has 1 fully saturated rings. The molecule has 94 valence electrons. The van der Waals surface area contributed by atoms with E-state index in [1.54, 1.807) is 17.0 Å². The van der Waals surface area contributed by atoms with Crippen LogP contribution in [-0.4, -0.2) is 35.6 Å². The molecule has 0 unspecified atom stereocenters. The number of hydrogen-bond acceptors (Lipinski definition) is 3. The Labute approximate surface area is 105 Å². The predicted octanol–water partition coefficient (Wildman–Crippen LogP) is 2.57. The first-order valence-corrected chi connectivity index (χ1v) is 5.98. The van der Waals surface area contributed by atoms with E-state index in [1.165, 1.54) is 0 Å². The van der Waals surface area contributed by atoms with Crippen molar-refractivity contribution in [2.75, 3.05) is 13.1 Å². The van der Waals surface area contributed by atoms with Gasteiger partial charge in [-0.2, -0.15) is 0 Å². The van der Waals surface area contributed by atoms with E-state index >= 15 is 0 Å². The maximum absolute atomic E-state index is 12.2. The van der Waals surface area contributed by atoms with Crippen LogP contribution in [0.4, 0.5) is 0 Å². The number of rotatable bonds is 1. The van der Waals surface area contributed by atoms with Crippen molar-refractivity contribution in [3.8, 4) is 0 Å². The Balaban J connectivity index is 2.14. The van der Waals surface area contributed by atoms with Crippen molar-refractivity contribution in [3.63, 3.8) is 0 Å². The third kappa shape index (κ3) is 2.82. The molecule has 0 saturated carbocycles. The fourth-order valence-electron chi connectivity index (χ4n) is 2.19. The first kappa shape index (κ1) is 12.5. The van der Waals surface area contributed by atoms with Gasteiger partial charge in [0.25, 0.3) is 5.91 Å². The molecule has 2 heterocycles. The predicted molar refractivity (Wildman–Crippen MR) is 64.2 cm³/mol. The minimum Gasteiger partial charge on any atom is -0.440 e. The highest BCUT2D eigenvalue weighted by atomic mass is 35.5. The Bertz CT molecular complexity index is 427. The zero-order valence-electron chi connectivity index (χ0n) is 10.2. The summed E-state index contributed by atoms with van der Waals surface area (Å²) >= 11 is 5.67. The second kappa shape index (κ2) is 4.35. The topological polar surface area (TPSA) is 42.7 Å². The van der Waals surface area contributed by atoms with Crippen molar-refractivity contribution in [2.24, 2.45) is 0 Å². The van der Waals surface area contributed by atoms with E-state index in [0.29, 0.717) is 13.1 Å². The summed E-state index contributed by atoms with van der Waals surface area (Å²) in [7, 11) is 0. The van der Waals surface area contributed by atoms with Crippen LogP contribution in [0.1, 0.15) is 31.3 Å². The molecule has 0 bridgehead atoms. The number of morpholine rings is 1. The molecule has 0 aromatic carbocycles. The van der Waals surface area contributed by atoms with Gasteiger partial charge < -0.3 is 14.1 Å². The molecule has 4 nitrogen and oxygen atoms in total. The highest BCUT2D eigenvalue weighted by Crippen LogP contribution is 2.23. The zero-order valence-corrected chi connectivity index (χ0v) is 11.0. The molecule has 1 aromatic heterocycles. The van der Waals surface area contributed by atoms with Crippen molar-refractivity contribution >= 4 is 17.5 Å². The molecule has 0 N–H and O–H groups in total. The van der Waals surface area contributed by atoms with Crippen LogP contribution in [0.3, 0.4) is 0 Å². The van der Waals surface area contributed by atoms with Gasteiger partial charge >= 0.3 is 0 Å². The second-order valence-electron chi connectivity index (χ2n) is 4.98. The number of hydrogen-bond donors (Lipinski definition) is 0. The van der Waals surface area contributed by atoms with E-state index in [9.17, 15) is 4.79 Å². The molecule has 1 aliphatic rings. The van der Waals surface area contributed by atoms with Crippen molar-refractivity contribution in [1.82, 2.24) is 4.90 Å². The lowest BCUT2D eigenvalue weighted by Crippen LogP contribution is -2.53. The Kier molecular flexibility index (Phi) is 3.19. The quantitative estimate of drug-likeness (QED) is 0.777. The lowest BCUT2D eigenvalue weighted by molar-refractivity contribution is -0.119. The molecule has 5 heteroatoms. The van der Waals surface area contributed by atoms with Crippen LogP contribution in [-0.2, 0) is 4.74 Å². The van der Waals surface area contributed by atoms with E-state index in [1.807, 2.05) is 20.8 Å². The van der Waals surface area contributed by atoms with Crippen LogP contribution in [0.2, 0.25) is 5.22 Å². The largest absolute Gasteiger partial charge is 0.440 e. The van der Waals surface area contributed by atoms with E-state index in [-0.39, 0.29) is 28.6 Å². The summed E-state index contributed by atoms with van der Waals surface area (Å²) in [5.41, 5.74) is -0.330. The average molecular weight is 258 g/mol. The van der Waals surface area contributed by atoms with Gasteiger partial charge in [0.15, 0.2) is 11.0 Å². The van der Waals surface area contributed by atoms with Gasteiger partial charge in [0.05, 0.1) is 11.7 Å². The van der Waals surface area contributed by atoms with Gasteiger partial charge in [0.2, 0.25) is 0 Å². The molecule has 17 heavy (non-hydrogen) atoms. The summed E-state index contributed by atoms with van der Waals surface area (Å²) in [4.78, 5) is 13.9. The van der Waals surface area contributed by atoms with Gasteiger partial charge in [0, 0.05) is 13.1 Å².